The number of aromatic nitrogens is 4. The average Bonchev–Trinajstić information content (AvgIpc) is 3.30. The smallest absolute Gasteiger partial charge is 0.269 e. The summed E-state index contributed by atoms with van der Waals surface area (Å²) < 4.78 is 1.48. The Labute approximate surface area is 178 Å². The molecule has 0 fully saturated rings. The van der Waals surface area contributed by atoms with Crippen LogP contribution in [0, 0.1) is 5.41 Å². The molecule has 3 heterocycles. The van der Waals surface area contributed by atoms with Crippen molar-refractivity contribution in [3.63, 3.8) is 0 Å². The summed E-state index contributed by atoms with van der Waals surface area (Å²) in [5.74, 6) is 0.0517. The van der Waals surface area contributed by atoms with Crippen molar-refractivity contribution in [1.29, 1.82) is 0 Å². The fraction of sp³-hybridized carbons (Fsp3) is 0.261. The lowest BCUT2D eigenvalue weighted by Gasteiger charge is -2.42. The van der Waals surface area contributed by atoms with Gasteiger partial charge >= 0.3 is 0 Å². The molecule has 2 aliphatic heterocycles. The molecule has 0 saturated heterocycles. The van der Waals surface area contributed by atoms with Gasteiger partial charge in [-0.3, -0.25) is 14.5 Å². The van der Waals surface area contributed by atoms with Crippen molar-refractivity contribution in [2.24, 2.45) is 5.41 Å². The van der Waals surface area contributed by atoms with Gasteiger partial charge < -0.3 is 5.32 Å². The highest BCUT2D eigenvalue weighted by Gasteiger charge is 2.62. The van der Waals surface area contributed by atoms with Crippen molar-refractivity contribution in [3.8, 4) is 0 Å². The van der Waals surface area contributed by atoms with E-state index in [4.69, 9.17) is 0 Å². The third-order valence-electron chi connectivity index (χ3n) is 6.35. The first-order valence-corrected chi connectivity index (χ1v) is 10.3. The first kappa shape index (κ1) is 18.0. The molecule has 0 radical (unpaired) electrons. The van der Waals surface area contributed by atoms with Crippen LogP contribution in [0.3, 0.4) is 0 Å². The molecule has 1 spiro atoms. The van der Waals surface area contributed by atoms with E-state index in [0.717, 1.165) is 17.1 Å². The lowest BCUT2D eigenvalue weighted by molar-refractivity contribution is -0.126. The Bertz CT molecular complexity index is 1290. The molecule has 0 bridgehead atoms. The number of benzene rings is 2. The van der Waals surface area contributed by atoms with Crippen molar-refractivity contribution in [3.05, 3.63) is 71.4 Å². The van der Waals surface area contributed by atoms with E-state index in [2.05, 4.69) is 34.7 Å². The normalized spacial score (nSPS) is 23.5. The van der Waals surface area contributed by atoms with Crippen molar-refractivity contribution in [1.82, 2.24) is 20.2 Å². The van der Waals surface area contributed by atoms with Crippen molar-refractivity contribution in [2.45, 2.75) is 32.2 Å². The Balaban J connectivity index is 1.70. The minimum atomic E-state index is -1.43. The van der Waals surface area contributed by atoms with Crippen LogP contribution in [-0.4, -0.2) is 31.9 Å². The molecule has 1 amide bonds. The summed E-state index contributed by atoms with van der Waals surface area (Å²) in [6.45, 7) is 4.11. The van der Waals surface area contributed by atoms with Crippen LogP contribution in [-0.2, 0) is 15.1 Å². The van der Waals surface area contributed by atoms with E-state index in [9.17, 15) is 9.59 Å². The van der Waals surface area contributed by atoms with Crippen LogP contribution in [0.15, 0.2) is 65.9 Å². The van der Waals surface area contributed by atoms with Gasteiger partial charge in [0.15, 0.2) is 5.78 Å². The number of Topliss-reactive ketones (excluding diaryl/α,β-unsaturated/α-hetero) is 1. The van der Waals surface area contributed by atoms with Gasteiger partial charge in [0.05, 0.1) is 11.3 Å². The highest BCUT2D eigenvalue weighted by molar-refractivity contribution is 6.20. The Morgan fingerprint density at radius 3 is 2.52 bits per heavy atom. The van der Waals surface area contributed by atoms with Gasteiger partial charge in [0, 0.05) is 23.4 Å². The second-order valence-corrected chi connectivity index (χ2v) is 9.04. The molecule has 0 saturated carbocycles. The predicted molar refractivity (Wildman–Crippen MR) is 114 cm³/mol. The third kappa shape index (κ3) is 2.21. The molecule has 6 rings (SSSR count). The summed E-state index contributed by atoms with van der Waals surface area (Å²) in [6.07, 6.45) is 0.983. The van der Waals surface area contributed by atoms with E-state index in [0.29, 0.717) is 29.9 Å². The Kier molecular flexibility index (Phi) is 3.41. The number of nitrogens with zero attached hydrogens (tertiary/aromatic N) is 5. The number of anilines is 3. The first-order valence-electron chi connectivity index (χ1n) is 10.3. The Hall–Kier alpha value is -3.81. The van der Waals surface area contributed by atoms with E-state index in [1.165, 1.54) is 4.68 Å². The molecule has 8 heteroatoms. The van der Waals surface area contributed by atoms with Gasteiger partial charge in [-0.05, 0) is 40.5 Å². The topological polar surface area (TPSA) is 93.0 Å². The average molecular weight is 412 g/mol. The molecule has 3 aliphatic rings. The van der Waals surface area contributed by atoms with Gasteiger partial charge in [0.1, 0.15) is 0 Å². The monoisotopic (exact) mass is 412 g/mol. The molecule has 154 valence electrons. The summed E-state index contributed by atoms with van der Waals surface area (Å²) in [5.41, 5.74) is 1.69. The minimum Gasteiger partial charge on any atom is -0.326 e. The van der Waals surface area contributed by atoms with Gasteiger partial charge in [0.2, 0.25) is 11.5 Å². The fourth-order valence-electron chi connectivity index (χ4n) is 5.22. The summed E-state index contributed by atoms with van der Waals surface area (Å²) in [7, 11) is 0. The number of para-hydroxylation sites is 2. The van der Waals surface area contributed by atoms with Crippen molar-refractivity contribution < 1.29 is 9.59 Å². The minimum absolute atomic E-state index is 0.0574. The zero-order chi connectivity index (χ0) is 21.4. The third-order valence-corrected chi connectivity index (χ3v) is 6.35. The Morgan fingerprint density at radius 2 is 1.71 bits per heavy atom. The number of carbonyl (C=O) groups is 2. The molecule has 1 atom stereocenters. The van der Waals surface area contributed by atoms with Crippen LogP contribution < -0.4 is 10.2 Å². The molecule has 3 aromatic rings. The van der Waals surface area contributed by atoms with Crippen LogP contribution in [0.25, 0.3) is 0 Å². The Morgan fingerprint density at radius 1 is 0.968 bits per heavy atom. The summed E-state index contributed by atoms with van der Waals surface area (Å²) in [6, 6.07) is 17.0. The number of hydrogen-bond acceptors (Lipinski definition) is 6. The van der Waals surface area contributed by atoms with E-state index in [-0.39, 0.29) is 17.1 Å². The molecule has 1 aromatic heterocycles. The number of rotatable bonds is 1. The van der Waals surface area contributed by atoms with Crippen molar-refractivity contribution in [2.75, 3.05) is 10.2 Å². The van der Waals surface area contributed by atoms with Crippen LogP contribution in [0.4, 0.5) is 17.3 Å². The molecule has 1 aliphatic carbocycles. The number of hydrogen-bond donors (Lipinski definition) is 1. The SMILES string of the molecule is CC1(C)CC(=O)C2=C(C1)Nc1nnnn1C21C(=O)N(c2ccccc2)c2ccccc21. The fourth-order valence-corrected chi connectivity index (χ4v) is 5.22. The van der Waals surface area contributed by atoms with Crippen LogP contribution in [0.2, 0.25) is 0 Å². The van der Waals surface area contributed by atoms with E-state index in [1.807, 2.05) is 54.6 Å². The molecule has 2 aromatic carbocycles. The zero-order valence-corrected chi connectivity index (χ0v) is 17.2. The number of ketones is 1. The first-order chi connectivity index (χ1) is 14.9. The van der Waals surface area contributed by atoms with Gasteiger partial charge in [-0.25, -0.2) is 0 Å². The number of carbonyl (C=O) groups excluding carboxylic acids is 2. The van der Waals surface area contributed by atoms with Gasteiger partial charge in [-0.1, -0.05) is 55.3 Å². The maximum atomic E-state index is 14.4. The second-order valence-electron chi connectivity index (χ2n) is 9.04. The summed E-state index contributed by atoms with van der Waals surface area (Å²) in [4.78, 5) is 29.6. The number of allylic oxidation sites excluding steroid dienone is 1. The molecule has 1 unspecified atom stereocenters. The quantitative estimate of drug-likeness (QED) is 0.660. The van der Waals surface area contributed by atoms with Crippen LogP contribution >= 0.6 is 0 Å². The van der Waals surface area contributed by atoms with E-state index < -0.39 is 5.54 Å². The van der Waals surface area contributed by atoms with Gasteiger partial charge in [-0.2, -0.15) is 4.68 Å². The maximum Gasteiger partial charge on any atom is 0.269 e. The number of amides is 1. The van der Waals surface area contributed by atoms with Gasteiger partial charge in [-0.15, -0.1) is 0 Å². The standard InChI is InChI=1S/C23H20N6O2/c1-22(2)12-16-19(18(30)13-22)23(29-21(24-16)25-26-27-29)15-10-6-7-11-17(15)28(20(23)31)14-8-4-3-5-9-14/h3-11H,12-13H2,1-2H3,(H,24,25,27). The molecular weight excluding hydrogens is 392 g/mol. The van der Waals surface area contributed by atoms with Crippen LogP contribution in [0.1, 0.15) is 32.3 Å². The summed E-state index contributed by atoms with van der Waals surface area (Å²) in [5, 5.41) is 15.4. The van der Waals surface area contributed by atoms with Crippen molar-refractivity contribution >= 4 is 29.0 Å². The molecule has 1 N–H and O–H groups in total. The predicted octanol–water partition coefficient (Wildman–Crippen LogP) is 3.16. The largest absolute Gasteiger partial charge is 0.326 e. The second kappa shape index (κ2) is 5.87. The lowest BCUT2D eigenvalue weighted by Crippen LogP contribution is -2.53. The molecular formula is C23H20N6O2. The molecule has 31 heavy (non-hydrogen) atoms. The molecule has 8 nitrogen and oxygen atoms in total. The maximum absolute atomic E-state index is 14.4. The summed E-state index contributed by atoms with van der Waals surface area (Å²) >= 11 is 0. The highest BCUT2D eigenvalue weighted by Crippen LogP contribution is 2.55. The number of nitrogens with one attached hydrogen (secondary N) is 1. The number of fused-ring (bicyclic) bond motifs is 5. The highest BCUT2D eigenvalue weighted by atomic mass is 16.2. The van der Waals surface area contributed by atoms with E-state index >= 15 is 0 Å². The van der Waals surface area contributed by atoms with Gasteiger partial charge in [0.25, 0.3) is 5.91 Å². The lowest BCUT2D eigenvalue weighted by atomic mass is 9.68. The van der Waals surface area contributed by atoms with E-state index in [1.54, 1.807) is 4.90 Å². The van der Waals surface area contributed by atoms with Crippen LogP contribution in [0.5, 0.6) is 0 Å². The number of tetrazole rings is 1. The zero-order valence-electron chi connectivity index (χ0n) is 17.2.